The molecule has 0 radical (unpaired) electrons. The van der Waals surface area contributed by atoms with E-state index in [1.165, 1.54) is 11.3 Å². The van der Waals surface area contributed by atoms with Gasteiger partial charge in [0.15, 0.2) is 0 Å². The Bertz CT molecular complexity index is 450. The Labute approximate surface area is 93.9 Å². The van der Waals surface area contributed by atoms with Crippen LogP contribution in [0.25, 0.3) is 0 Å². The molecule has 1 aromatic rings. The second-order valence-electron chi connectivity index (χ2n) is 3.87. The predicted octanol–water partition coefficient (Wildman–Crippen LogP) is 1.01. The highest BCUT2D eigenvalue weighted by atomic mass is 32.1. The molecule has 1 aliphatic rings. The summed E-state index contributed by atoms with van der Waals surface area (Å²) >= 11 is 4.83. The van der Waals surface area contributed by atoms with Gasteiger partial charge < -0.3 is 10.3 Å². The van der Waals surface area contributed by atoms with Crippen molar-refractivity contribution in [3.05, 3.63) is 33.7 Å². The first kappa shape index (κ1) is 10.4. The molecule has 1 aromatic heterocycles. The van der Waals surface area contributed by atoms with Crippen molar-refractivity contribution in [2.75, 3.05) is 0 Å². The monoisotopic (exact) mass is 222 g/mol. The Balaban J connectivity index is 2.33. The lowest BCUT2D eigenvalue weighted by Gasteiger charge is -2.10. The summed E-state index contributed by atoms with van der Waals surface area (Å²) in [7, 11) is 0. The van der Waals surface area contributed by atoms with Crippen molar-refractivity contribution in [3.63, 3.8) is 0 Å². The third kappa shape index (κ3) is 2.09. The number of pyridine rings is 1. The summed E-state index contributed by atoms with van der Waals surface area (Å²) in [5.74, 6) is 0. The van der Waals surface area contributed by atoms with E-state index in [0.717, 1.165) is 19.3 Å². The summed E-state index contributed by atoms with van der Waals surface area (Å²) in [5, 5.41) is 0. The number of hydrogen-bond acceptors (Lipinski definition) is 2. The van der Waals surface area contributed by atoms with Crippen LogP contribution in [0, 0.1) is 0 Å². The highest BCUT2D eigenvalue weighted by Crippen LogP contribution is 2.19. The topological polar surface area (TPSA) is 48.0 Å². The Morgan fingerprint density at radius 3 is 3.00 bits per heavy atom. The highest BCUT2D eigenvalue weighted by Gasteiger charge is 2.15. The quantitative estimate of drug-likeness (QED) is 0.777. The van der Waals surface area contributed by atoms with Crippen LogP contribution < -0.4 is 11.3 Å². The zero-order valence-electron chi connectivity index (χ0n) is 8.53. The zero-order valence-corrected chi connectivity index (χ0v) is 9.35. The van der Waals surface area contributed by atoms with Crippen LogP contribution in [-0.4, -0.2) is 9.56 Å². The molecule has 0 fully saturated rings. The minimum absolute atomic E-state index is 0.0619. The van der Waals surface area contributed by atoms with Gasteiger partial charge in [-0.2, -0.15) is 0 Å². The Morgan fingerprint density at radius 2 is 2.27 bits per heavy atom. The van der Waals surface area contributed by atoms with Gasteiger partial charge in [-0.1, -0.05) is 18.3 Å². The molecule has 1 heterocycles. The molecule has 1 aliphatic carbocycles. The van der Waals surface area contributed by atoms with Crippen LogP contribution in [0.5, 0.6) is 0 Å². The number of rotatable bonds is 3. The van der Waals surface area contributed by atoms with E-state index in [-0.39, 0.29) is 5.56 Å². The fourth-order valence-electron chi connectivity index (χ4n) is 2.10. The molecule has 0 saturated heterocycles. The van der Waals surface area contributed by atoms with Crippen molar-refractivity contribution in [2.24, 2.45) is 5.73 Å². The van der Waals surface area contributed by atoms with Crippen molar-refractivity contribution in [1.29, 1.82) is 0 Å². The first-order chi connectivity index (χ1) is 7.18. The molecule has 80 valence electrons. The fourth-order valence-corrected chi connectivity index (χ4v) is 2.19. The number of thiocarbonyl (C=S) groups is 1. The van der Waals surface area contributed by atoms with Gasteiger partial charge in [0.2, 0.25) is 0 Å². The first-order valence-electron chi connectivity index (χ1n) is 5.18. The van der Waals surface area contributed by atoms with Crippen LogP contribution in [0.3, 0.4) is 0 Å². The zero-order chi connectivity index (χ0) is 10.8. The van der Waals surface area contributed by atoms with Gasteiger partial charge in [-0.15, -0.1) is 0 Å². The van der Waals surface area contributed by atoms with E-state index in [9.17, 15) is 4.79 Å². The molecule has 2 rings (SSSR count). The van der Waals surface area contributed by atoms with Gasteiger partial charge >= 0.3 is 0 Å². The number of hydrogen-bond donors (Lipinski definition) is 1. The summed E-state index contributed by atoms with van der Waals surface area (Å²) in [6.07, 6.45) is 3.84. The Morgan fingerprint density at radius 1 is 1.47 bits per heavy atom. The standard InChI is InChI=1S/C11H14N2OS/c12-10(15)6-7-13-9-3-1-2-8(9)4-5-11(13)14/h4-5H,1-3,6-7H2,(H2,12,15). The number of fused-ring (bicyclic) bond motifs is 1. The van der Waals surface area contributed by atoms with E-state index in [1.807, 2.05) is 10.6 Å². The Hall–Kier alpha value is -1.16. The first-order valence-corrected chi connectivity index (χ1v) is 5.59. The minimum atomic E-state index is 0.0619. The maximum absolute atomic E-state index is 11.7. The van der Waals surface area contributed by atoms with Gasteiger partial charge in [-0.25, -0.2) is 0 Å². The lowest BCUT2D eigenvalue weighted by Crippen LogP contribution is -2.25. The van der Waals surface area contributed by atoms with Crippen LogP contribution in [-0.2, 0) is 19.4 Å². The van der Waals surface area contributed by atoms with Crippen LogP contribution >= 0.6 is 12.2 Å². The maximum atomic E-state index is 11.7. The van der Waals surface area contributed by atoms with Crippen molar-refractivity contribution in [2.45, 2.75) is 32.2 Å². The van der Waals surface area contributed by atoms with Gasteiger partial charge in [-0.05, 0) is 24.8 Å². The molecule has 0 saturated carbocycles. The van der Waals surface area contributed by atoms with Crippen molar-refractivity contribution >= 4 is 17.2 Å². The smallest absolute Gasteiger partial charge is 0.250 e. The number of aryl methyl sites for hydroxylation is 1. The average molecular weight is 222 g/mol. The predicted molar refractivity (Wildman–Crippen MR) is 64.1 cm³/mol. The molecule has 2 N–H and O–H groups in total. The molecule has 0 amide bonds. The SMILES string of the molecule is NC(=S)CCn1c2c(ccc1=O)CCC2. The van der Waals surface area contributed by atoms with Gasteiger partial charge in [0, 0.05) is 24.7 Å². The molecule has 0 spiro atoms. The second kappa shape index (κ2) is 4.14. The molecule has 0 unspecified atom stereocenters. The summed E-state index contributed by atoms with van der Waals surface area (Å²) < 4.78 is 1.82. The number of aromatic nitrogens is 1. The Kier molecular flexibility index (Phi) is 2.86. The van der Waals surface area contributed by atoms with E-state index >= 15 is 0 Å². The third-order valence-electron chi connectivity index (χ3n) is 2.83. The molecule has 0 aliphatic heterocycles. The minimum Gasteiger partial charge on any atom is -0.393 e. The lowest BCUT2D eigenvalue weighted by atomic mass is 10.2. The normalized spacial score (nSPS) is 13.9. The molecule has 0 bridgehead atoms. The summed E-state index contributed by atoms with van der Waals surface area (Å²) in [4.78, 5) is 12.1. The molecule has 15 heavy (non-hydrogen) atoms. The van der Waals surface area contributed by atoms with Gasteiger partial charge in [0.25, 0.3) is 5.56 Å². The summed E-state index contributed by atoms with van der Waals surface area (Å²) in [6, 6.07) is 3.59. The number of nitrogens with two attached hydrogens (primary N) is 1. The fraction of sp³-hybridized carbons (Fsp3) is 0.455. The van der Waals surface area contributed by atoms with Crippen molar-refractivity contribution in [1.82, 2.24) is 4.57 Å². The van der Waals surface area contributed by atoms with E-state index in [2.05, 4.69) is 0 Å². The molecule has 3 nitrogen and oxygen atoms in total. The van der Waals surface area contributed by atoms with Gasteiger partial charge in [0.1, 0.15) is 0 Å². The second-order valence-corrected chi connectivity index (χ2v) is 4.39. The molecule has 4 heteroatoms. The third-order valence-corrected chi connectivity index (χ3v) is 3.04. The lowest BCUT2D eigenvalue weighted by molar-refractivity contribution is 0.657. The van der Waals surface area contributed by atoms with Crippen LogP contribution in [0.4, 0.5) is 0 Å². The molecule has 0 aromatic carbocycles. The van der Waals surface area contributed by atoms with E-state index in [1.54, 1.807) is 6.07 Å². The van der Waals surface area contributed by atoms with Crippen LogP contribution in [0.1, 0.15) is 24.1 Å². The average Bonchev–Trinajstić information content (AvgIpc) is 2.63. The molecular formula is C11H14N2OS. The van der Waals surface area contributed by atoms with Crippen molar-refractivity contribution < 1.29 is 0 Å². The van der Waals surface area contributed by atoms with E-state index in [0.29, 0.717) is 18.0 Å². The van der Waals surface area contributed by atoms with Gasteiger partial charge in [-0.3, -0.25) is 4.79 Å². The number of nitrogens with zero attached hydrogens (tertiary/aromatic N) is 1. The largest absolute Gasteiger partial charge is 0.393 e. The van der Waals surface area contributed by atoms with Crippen molar-refractivity contribution in [3.8, 4) is 0 Å². The molecule has 0 atom stereocenters. The van der Waals surface area contributed by atoms with E-state index < -0.39 is 0 Å². The summed E-state index contributed by atoms with van der Waals surface area (Å²) in [6.45, 7) is 0.622. The highest BCUT2D eigenvalue weighted by molar-refractivity contribution is 7.80. The van der Waals surface area contributed by atoms with E-state index in [4.69, 9.17) is 18.0 Å². The van der Waals surface area contributed by atoms with Crippen LogP contribution in [0.2, 0.25) is 0 Å². The maximum Gasteiger partial charge on any atom is 0.250 e. The van der Waals surface area contributed by atoms with Crippen LogP contribution in [0.15, 0.2) is 16.9 Å². The van der Waals surface area contributed by atoms with Gasteiger partial charge in [0.05, 0.1) is 4.99 Å². The molecular weight excluding hydrogens is 208 g/mol. The summed E-state index contributed by atoms with van der Waals surface area (Å²) in [5.41, 5.74) is 8.00.